The summed E-state index contributed by atoms with van der Waals surface area (Å²) < 4.78 is 27.3. The van der Waals surface area contributed by atoms with Gasteiger partial charge in [0.05, 0.1) is 11.8 Å². The van der Waals surface area contributed by atoms with Gasteiger partial charge in [0, 0.05) is 18.5 Å². The summed E-state index contributed by atoms with van der Waals surface area (Å²) in [7, 11) is 0. The molecule has 5 nitrogen and oxygen atoms in total. The first kappa shape index (κ1) is 14.4. The average Bonchev–Trinajstić information content (AvgIpc) is 2.96. The number of aromatic nitrogens is 1. The van der Waals surface area contributed by atoms with Crippen LogP contribution in [0.1, 0.15) is 4.79 Å². The molecule has 0 bridgehead atoms. The molecular weight excluding hydrogens is 280 g/mol. The molecule has 21 heavy (non-hydrogen) atoms. The zero-order chi connectivity index (χ0) is 15.4. The number of carbonyl (C=O) groups excluding carboxylic acids is 2. The quantitative estimate of drug-likeness (QED) is 0.880. The van der Waals surface area contributed by atoms with Crippen molar-refractivity contribution in [3.63, 3.8) is 0 Å². The maximum Gasteiger partial charge on any atom is 0.257 e. The van der Waals surface area contributed by atoms with Crippen molar-refractivity contribution in [2.45, 2.75) is 0 Å². The standard InChI is InChI=1S/C14H9F2N3O2/c15-9-3-4-12(11(16)7-9)18-13(20)10(8-17)14(21)19-5-1-2-6-19/h1-7,10H,(H,18,20). The lowest BCUT2D eigenvalue weighted by atomic mass is 10.1. The summed E-state index contributed by atoms with van der Waals surface area (Å²) in [5, 5.41) is 11.1. The van der Waals surface area contributed by atoms with Crippen molar-refractivity contribution < 1.29 is 18.4 Å². The maximum absolute atomic E-state index is 13.4. The minimum atomic E-state index is -1.64. The van der Waals surface area contributed by atoms with Crippen LogP contribution in [0, 0.1) is 28.9 Å². The topological polar surface area (TPSA) is 74.9 Å². The van der Waals surface area contributed by atoms with Crippen LogP contribution in [0.25, 0.3) is 0 Å². The van der Waals surface area contributed by atoms with E-state index in [1.165, 1.54) is 12.4 Å². The van der Waals surface area contributed by atoms with Gasteiger partial charge in [0.25, 0.3) is 11.8 Å². The fourth-order valence-electron chi connectivity index (χ4n) is 1.65. The van der Waals surface area contributed by atoms with E-state index in [4.69, 9.17) is 5.26 Å². The van der Waals surface area contributed by atoms with Crippen LogP contribution in [0.2, 0.25) is 0 Å². The Kier molecular flexibility index (Phi) is 4.09. The molecule has 1 unspecified atom stereocenters. The van der Waals surface area contributed by atoms with Gasteiger partial charge in [-0.15, -0.1) is 0 Å². The Morgan fingerprint density at radius 1 is 1.24 bits per heavy atom. The second-order valence-corrected chi connectivity index (χ2v) is 4.10. The third kappa shape index (κ3) is 3.12. The number of halogens is 2. The highest BCUT2D eigenvalue weighted by atomic mass is 19.1. The number of benzene rings is 1. The van der Waals surface area contributed by atoms with Crippen molar-refractivity contribution in [2.24, 2.45) is 5.92 Å². The predicted octanol–water partition coefficient (Wildman–Crippen LogP) is 2.18. The number of nitrogens with zero attached hydrogens (tertiary/aromatic N) is 2. The molecule has 1 aromatic carbocycles. The van der Waals surface area contributed by atoms with Gasteiger partial charge >= 0.3 is 0 Å². The van der Waals surface area contributed by atoms with Crippen LogP contribution in [0.15, 0.2) is 42.7 Å². The van der Waals surface area contributed by atoms with Crippen LogP contribution in [0.3, 0.4) is 0 Å². The monoisotopic (exact) mass is 289 g/mol. The summed E-state index contributed by atoms with van der Waals surface area (Å²) in [6, 6.07) is 7.23. The molecule has 0 aliphatic carbocycles. The minimum Gasteiger partial charge on any atom is -0.322 e. The van der Waals surface area contributed by atoms with E-state index in [9.17, 15) is 18.4 Å². The summed E-state index contributed by atoms with van der Waals surface area (Å²) in [6.45, 7) is 0. The van der Waals surface area contributed by atoms with E-state index in [-0.39, 0.29) is 5.69 Å². The molecule has 2 rings (SSSR count). The van der Waals surface area contributed by atoms with Crippen LogP contribution >= 0.6 is 0 Å². The molecule has 1 amide bonds. The second kappa shape index (κ2) is 5.96. The van der Waals surface area contributed by atoms with Gasteiger partial charge in [-0.05, 0) is 24.3 Å². The number of carbonyl (C=O) groups is 2. The second-order valence-electron chi connectivity index (χ2n) is 4.10. The summed E-state index contributed by atoms with van der Waals surface area (Å²) >= 11 is 0. The number of rotatable bonds is 3. The van der Waals surface area contributed by atoms with E-state index in [1.54, 1.807) is 18.2 Å². The van der Waals surface area contributed by atoms with Crippen molar-refractivity contribution in [3.8, 4) is 6.07 Å². The number of nitrogens with one attached hydrogen (secondary N) is 1. The van der Waals surface area contributed by atoms with Crippen molar-refractivity contribution in [1.29, 1.82) is 5.26 Å². The van der Waals surface area contributed by atoms with Crippen LogP contribution in [0.4, 0.5) is 14.5 Å². The predicted molar refractivity (Wildman–Crippen MR) is 69.1 cm³/mol. The number of amides is 1. The fourth-order valence-corrected chi connectivity index (χ4v) is 1.65. The molecule has 1 aromatic heterocycles. The molecule has 0 radical (unpaired) electrons. The summed E-state index contributed by atoms with van der Waals surface area (Å²) in [4.78, 5) is 23.8. The number of hydrogen-bond donors (Lipinski definition) is 1. The van der Waals surface area contributed by atoms with Crippen molar-refractivity contribution in [1.82, 2.24) is 4.57 Å². The third-order valence-electron chi connectivity index (χ3n) is 2.69. The molecule has 0 fully saturated rings. The van der Waals surface area contributed by atoms with Gasteiger partial charge in [0.1, 0.15) is 11.6 Å². The van der Waals surface area contributed by atoms with Crippen molar-refractivity contribution in [2.75, 3.05) is 5.32 Å². The molecule has 0 saturated heterocycles. The fraction of sp³-hybridized carbons (Fsp3) is 0.0714. The van der Waals surface area contributed by atoms with Crippen LogP contribution in [-0.4, -0.2) is 16.4 Å². The summed E-state index contributed by atoms with van der Waals surface area (Å²) in [6.07, 6.45) is 2.77. The Balaban J connectivity index is 2.18. The first-order valence-corrected chi connectivity index (χ1v) is 5.85. The molecule has 2 aromatic rings. The van der Waals surface area contributed by atoms with Gasteiger partial charge in [-0.1, -0.05) is 0 Å². The number of hydrogen-bond acceptors (Lipinski definition) is 3. The Morgan fingerprint density at radius 2 is 1.90 bits per heavy atom. The van der Waals surface area contributed by atoms with E-state index < -0.39 is 29.4 Å². The Labute approximate surface area is 118 Å². The highest BCUT2D eigenvalue weighted by molar-refractivity contribution is 6.09. The van der Waals surface area contributed by atoms with Gasteiger partial charge in [-0.2, -0.15) is 5.26 Å². The lowest BCUT2D eigenvalue weighted by molar-refractivity contribution is -0.117. The Bertz CT molecular complexity index is 720. The number of anilines is 1. The SMILES string of the molecule is N#CC(C(=O)Nc1ccc(F)cc1F)C(=O)n1cccc1. The van der Waals surface area contributed by atoms with E-state index >= 15 is 0 Å². The third-order valence-corrected chi connectivity index (χ3v) is 2.69. The van der Waals surface area contributed by atoms with Crippen LogP contribution in [0.5, 0.6) is 0 Å². The van der Waals surface area contributed by atoms with E-state index in [0.717, 1.165) is 16.7 Å². The maximum atomic E-state index is 13.4. The van der Waals surface area contributed by atoms with Gasteiger partial charge in [0.2, 0.25) is 5.92 Å². The summed E-state index contributed by atoms with van der Waals surface area (Å²) in [5.74, 6) is -5.18. The van der Waals surface area contributed by atoms with Gasteiger partial charge < -0.3 is 5.32 Å². The average molecular weight is 289 g/mol. The first-order valence-electron chi connectivity index (χ1n) is 5.85. The summed E-state index contributed by atoms with van der Waals surface area (Å²) in [5.41, 5.74) is -0.304. The smallest absolute Gasteiger partial charge is 0.257 e. The van der Waals surface area contributed by atoms with E-state index in [2.05, 4.69) is 5.32 Å². The molecule has 1 N–H and O–H groups in total. The first-order chi connectivity index (χ1) is 10.0. The van der Waals surface area contributed by atoms with Crippen LogP contribution in [-0.2, 0) is 4.79 Å². The van der Waals surface area contributed by atoms with E-state index in [0.29, 0.717) is 6.07 Å². The van der Waals surface area contributed by atoms with Crippen molar-refractivity contribution in [3.05, 3.63) is 54.4 Å². The molecular formula is C14H9F2N3O2. The highest BCUT2D eigenvalue weighted by Crippen LogP contribution is 2.16. The van der Waals surface area contributed by atoms with E-state index in [1.807, 2.05) is 0 Å². The lowest BCUT2D eigenvalue weighted by Gasteiger charge is -2.10. The largest absolute Gasteiger partial charge is 0.322 e. The molecule has 0 saturated carbocycles. The Hall–Kier alpha value is -3.01. The van der Waals surface area contributed by atoms with Gasteiger partial charge in [0.15, 0.2) is 0 Å². The van der Waals surface area contributed by atoms with Crippen LogP contribution < -0.4 is 5.32 Å². The normalized spacial score (nSPS) is 11.5. The molecule has 7 heteroatoms. The van der Waals surface area contributed by atoms with Crippen molar-refractivity contribution >= 4 is 17.5 Å². The Morgan fingerprint density at radius 3 is 2.48 bits per heavy atom. The molecule has 0 spiro atoms. The van der Waals surface area contributed by atoms with Gasteiger partial charge in [-0.3, -0.25) is 14.2 Å². The number of nitriles is 1. The van der Waals surface area contributed by atoms with Gasteiger partial charge in [-0.25, -0.2) is 8.78 Å². The molecule has 1 heterocycles. The zero-order valence-corrected chi connectivity index (χ0v) is 10.6. The molecule has 0 aliphatic heterocycles. The molecule has 0 aliphatic rings. The highest BCUT2D eigenvalue weighted by Gasteiger charge is 2.28. The molecule has 106 valence electrons. The molecule has 1 atom stereocenters. The minimum absolute atomic E-state index is 0.304. The lowest BCUT2D eigenvalue weighted by Crippen LogP contribution is -2.31. The zero-order valence-electron chi connectivity index (χ0n) is 10.6.